The van der Waals surface area contributed by atoms with E-state index in [4.69, 9.17) is 0 Å². The molecule has 3 heterocycles. The van der Waals surface area contributed by atoms with E-state index >= 15 is 0 Å². The van der Waals surface area contributed by atoms with Gasteiger partial charge in [-0.2, -0.15) is 13.2 Å². The molecule has 0 aromatic carbocycles. The van der Waals surface area contributed by atoms with Crippen molar-refractivity contribution in [1.82, 2.24) is 20.2 Å². The lowest BCUT2D eigenvalue weighted by Gasteiger charge is -2.26. The van der Waals surface area contributed by atoms with E-state index in [9.17, 15) is 36.6 Å². The molecule has 0 bridgehead atoms. The van der Waals surface area contributed by atoms with Gasteiger partial charge in [-0.25, -0.2) is 18.7 Å². The number of thiazole rings is 1. The molecule has 1 fully saturated rings. The molecule has 38 heavy (non-hydrogen) atoms. The first-order chi connectivity index (χ1) is 17.5. The molecular weight excluding hydrogens is 533 g/mol. The second kappa shape index (κ2) is 11.1. The average Bonchev–Trinajstić information content (AvgIpc) is 3.44. The quantitative estimate of drug-likeness (QED) is 0.390. The minimum atomic E-state index is -4.63. The molecule has 0 aliphatic carbocycles. The Morgan fingerprint density at radius 1 is 1.21 bits per heavy atom. The smallest absolute Gasteiger partial charge is 0.388 e. The largest absolute Gasteiger partial charge is 0.408 e. The van der Waals surface area contributed by atoms with Gasteiger partial charge in [0.05, 0.1) is 16.5 Å². The Labute approximate surface area is 220 Å². The van der Waals surface area contributed by atoms with Crippen LogP contribution in [0.2, 0.25) is 0 Å². The molecule has 1 saturated heterocycles. The van der Waals surface area contributed by atoms with E-state index in [1.54, 1.807) is 6.92 Å². The first-order valence-corrected chi connectivity index (χ1v) is 12.8. The van der Waals surface area contributed by atoms with Crippen molar-refractivity contribution in [3.8, 4) is 10.4 Å². The number of hydrogen-bond acceptors (Lipinski definition) is 7. The van der Waals surface area contributed by atoms with Gasteiger partial charge in [0, 0.05) is 29.9 Å². The van der Waals surface area contributed by atoms with Gasteiger partial charge in [0.25, 0.3) is 18.2 Å². The Hall–Kier alpha value is -2.87. The predicted octanol–water partition coefficient (Wildman–Crippen LogP) is 5.02. The minimum Gasteiger partial charge on any atom is -0.388 e. The summed E-state index contributed by atoms with van der Waals surface area (Å²) in [4.78, 5) is 35.9. The van der Waals surface area contributed by atoms with Crippen LogP contribution in [0.15, 0.2) is 12.3 Å². The van der Waals surface area contributed by atoms with Gasteiger partial charge in [0.15, 0.2) is 5.01 Å². The lowest BCUT2D eigenvalue weighted by atomic mass is 10.0. The Morgan fingerprint density at radius 2 is 1.87 bits per heavy atom. The molecule has 3 rings (SSSR count). The summed E-state index contributed by atoms with van der Waals surface area (Å²) in [6.45, 7) is 7.64. The summed E-state index contributed by atoms with van der Waals surface area (Å²) in [5, 5.41) is 14.6. The maximum atomic E-state index is 14.1. The number of aliphatic hydroxyl groups is 1. The van der Waals surface area contributed by atoms with E-state index in [1.807, 2.05) is 6.92 Å². The fourth-order valence-corrected chi connectivity index (χ4v) is 4.77. The number of anilines is 1. The average molecular weight is 564 g/mol. The molecule has 1 aliphatic heterocycles. The van der Waals surface area contributed by atoms with Crippen molar-refractivity contribution in [1.29, 1.82) is 0 Å². The lowest BCUT2D eigenvalue weighted by Crippen LogP contribution is -2.47. The van der Waals surface area contributed by atoms with Crippen LogP contribution in [0, 0.1) is 0 Å². The highest BCUT2D eigenvalue weighted by molar-refractivity contribution is 7.17. The zero-order valence-corrected chi connectivity index (χ0v) is 22.3. The van der Waals surface area contributed by atoms with E-state index in [0.717, 1.165) is 32.0 Å². The zero-order valence-electron chi connectivity index (χ0n) is 21.5. The molecule has 3 N–H and O–H groups in total. The van der Waals surface area contributed by atoms with Crippen molar-refractivity contribution >= 4 is 29.0 Å². The lowest BCUT2D eigenvalue weighted by molar-refractivity contribution is -0.138. The number of pyridine rings is 1. The number of rotatable bonds is 8. The monoisotopic (exact) mass is 563 g/mol. The van der Waals surface area contributed by atoms with Crippen LogP contribution in [-0.2, 0) is 0 Å². The number of likely N-dealkylation sites (tertiary alicyclic amines) is 1. The van der Waals surface area contributed by atoms with Gasteiger partial charge in [0.1, 0.15) is 17.6 Å². The van der Waals surface area contributed by atoms with Gasteiger partial charge in [0.2, 0.25) is 0 Å². The van der Waals surface area contributed by atoms with Crippen LogP contribution < -0.4 is 10.6 Å². The van der Waals surface area contributed by atoms with Crippen molar-refractivity contribution in [3.05, 3.63) is 28.5 Å². The van der Waals surface area contributed by atoms with Gasteiger partial charge in [-0.05, 0) is 53.5 Å². The summed E-state index contributed by atoms with van der Waals surface area (Å²) in [6.07, 6.45) is -5.32. The maximum absolute atomic E-state index is 14.1. The Morgan fingerprint density at radius 3 is 2.39 bits per heavy atom. The Balaban J connectivity index is 2.09. The van der Waals surface area contributed by atoms with E-state index < -0.39 is 53.5 Å². The van der Waals surface area contributed by atoms with Crippen molar-refractivity contribution in [3.63, 3.8) is 0 Å². The Bertz CT molecular complexity index is 1180. The summed E-state index contributed by atoms with van der Waals surface area (Å²) >= 11 is 0.691. The molecule has 3 atom stereocenters. The molecule has 14 heteroatoms. The number of carbonyl (C=O) groups is 2. The molecule has 2 amide bonds. The van der Waals surface area contributed by atoms with Gasteiger partial charge in [-0.1, -0.05) is 0 Å². The summed E-state index contributed by atoms with van der Waals surface area (Å²) in [5.41, 5.74) is -2.38. The second-order valence-electron chi connectivity index (χ2n) is 9.90. The summed E-state index contributed by atoms with van der Waals surface area (Å²) in [5.74, 6) is -1.69. The molecular formula is C24H30F5N5O3S. The van der Waals surface area contributed by atoms with E-state index in [1.165, 1.54) is 18.7 Å². The predicted molar refractivity (Wildman–Crippen MR) is 132 cm³/mol. The fraction of sp³-hybridized carbons (Fsp3) is 0.583. The number of nitrogens with zero attached hydrogens (tertiary/aromatic N) is 3. The summed E-state index contributed by atoms with van der Waals surface area (Å²) < 4.78 is 67.1. The number of alkyl halides is 5. The molecule has 0 unspecified atom stereocenters. The van der Waals surface area contributed by atoms with Crippen LogP contribution in [0.4, 0.5) is 27.8 Å². The number of halogens is 5. The molecule has 0 saturated carbocycles. The number of nitrogens with one attached hydrogen (secondary N) is 2. The number of amides is 2. The maximum Gasteiger partial charge on any atom is 0.408 e. The number of carbonyl (C=O) groups excluding carboxylic acids is 2. The third-order valence-electron chi connectivity index (χ3n) is 6.52. The summed E-state index contributed by atoms with van der Waals surface area (Å²) in [6, 6.07) is -2.09. The van der Waals surface area contributed by atoms with E-state index in [2.05, 4.69) is 20.6 Å². The van der Waals surface area contributed by atoms with Crippen molar-refractivity contribution in [2.24, 2.45) is 0 Å². The first kappa shape index (κ1) is 29.7. The summed E-state index contributed by atoms with van der Waals surface area (Å²) in [7, 11) is 0. The second-order valence-corrected chi connectivity index (χ2v) is 10.9. The molecule has 1 aliphatic rings. The Kier molecular flexibility index (Phi) is 8.66. The highest BCUT2D eigenvalue weighted by Gasteiger charge is 2.37. The van der Waals surface area contributed by atoms with Crippen LogP contribution >= 0.6 is 11.3 Å². The molecule has 8 nitrogen and oxygen atoms in total. The van der Waals surface area contributed by atoms with Crippen molar-refractivity contribution in [2.45, 2.75) is 83.8 Å². The van der Waals surface area contributed by atoms with Crippen LogP contribution in [0.5, 0.6) is 0 Å². The standard InChI is InChI=1S/C24H30F5N5O3S/c1-11-7-6-8-34(11)22(36)17-18(38-21(33-17)20(35)32-12(2)23(4,5)37)15-10-30-16(9-14(15)19(25)26)31-13(3)24(27,28)29/h9-13,19,37H,6-8H2,1-5H3,(H,30,31)(H,32,35)/t11-,12-,13-/m0/s1. The topological polar surface area (TPSA) is 107 Å². The van der Waals surface area contributed by atoms with Crippen LogP contribution in [0.1, 0.15) is 79.7 Å². The SMILES string of the molecule is C[C@H](NC(=O)c1nc(C(=O)N2CCC[C@@H]2C)c(-c2cnc(N[C@@H](C)C(F)(F)F)cc2C(F)F)s1)C(C)(C)O. The van der Waals surface area contributed by atoms with Gasteiger partial charge < -0.3 is 20.6 Å². The van der Waals surface area contributed by atoms with E-state index in [-0.39, 0.29) is 27.2 Å². The van der Waals surface area contributed by atoms with Crippen LogP contribution in [0.25, 0.3) is 10.4 Å². The van der Waals surface area contributed by atoms with E-state index in [0.29, 0.717) is 17.9 Å². The zero-order chi connectivity index (χ0) is 28.6. The van der Waals surface area contributed by atoms with Crippen molar-refractivity contribution < 1.29 is 36.6 Å². The van der Waals surface area contributed by atoms with Crippen LogP contribution in [0.3, 0.4) is 0 Å². The minimum absolute atomic E-state index is 0.0478. The third-order valence-corrected chi connectivity index (χ3v) is 7.60. The molecule has 210 valence electrons. The normalized spacial score (nSPS) is 18.0. The van der Waals surface area contributed by atoms with Crippen LogP contribution in [-0.4, -0.2) is 68.2 Å². The highest BCUT2D eigenvalue weighted by Crippen LogP contribution is 2.39. The third kappa shape index (κ3) is 6.57. The number of hydrogen-bond donors (Lipinski definition) is 3. The van der Waals surface area contributed by atoms with Gasteiger partial charge in [-0.3, -0.25) is 9.59 Å². The van der Waals surface area contributed by atoms with Gasteiger partial charge >= 0.3 is 6.18 Å². The first-order valence-electron chi connectivity index (χ1n) is 12.0. The van der Waals surface area contributed by atoms with Gasteiger partial charge in [-0.15, -0.1) is 11.3 Å². The molecule has 0 spiro atoms. The molecule has 0 radical (unpaired) electrons. The number of aromatic nitrogens is 2. The highest BCUT2D eigenvalue weighted by atomic mass is 32.1. The van der Waals surface area contributed by atoms with Crippen molar-refractivity contribution in [2.75, 3.05) is 11.9 Å². The molecule has 2 aromatic heterocycles. The molecule has 2 aromatic rings. The fourth-order valence-electron chi connectivity index (χ4n) is 3.77.